The van der Waals surface area contributed by atoms with E-state index in [1.54, 1.807) is 6.07 Å². The number of hydrogen-bond donors (Lipinski definition) is 2. The van der Waals surface area contributed by atoms with Gasteiger partial charge in [-0.15, -0.1) is 0 Å². The number of para-hydroxylation sites is 1. The maximum atomic E-state index is 13.5. The molecule has 0 fully saturated rings. The minimum absolute atomic E-state index is 0. The van der Waals surface area contributed by atoms with Crippen LogP contribution in [0, 0.1) is 18.7 Å². The maximum Gasteiger partial charge on any atom is 0.319 e. The van der Waals surface area contributed by atoms with Gasteiger partial charge in [0.05, 0.1) is 6.04 Å². The Morgan fingerprint density at radius 1 is 1.16 bits per heavy atom. The van der Waals surface area contributed by atoms with Crippen molar-refractivity contribution in [1.29, 1.82) is 0 Å². The Balaban J connectivity index is 0.00000182. The van der Waals surface area contributed by atoms with Gasteiger partial charge in [0, 0.05) is 19.5 Å². The van der Waals surface area contributed by atoms with Gasteiger partial charge >= 0.3 is 6.03 Å². The summed E-state index contributed by atoms with van der Waals surface area (Å²) in [6, 6.07) is 13.0. The third-order valence-corrected chi connectivity index (χ3v) is 4.20. The van der Waals surface area contributed by atoms with Crippen molar-refractivity contribution >= 4 is 22.7 Å². The second-order valence-corrected chi connectivity index (χ2v) is 6.42. The van der Waals surface area contributed by atoms with Gasteiger partial charge in [0.2, 0.25) is 0 Å². The van der Waals surface area contributed by atoms with Crippen molar-refractivity contribution in [2.75, 3.05) is 5.32 Å². The van der Waals surface area contributed by atoms with Gasteiger partial charge in [-0.05, 0) is 43.2 Å². The lowest BCUT2D eigenvalue weighted by atomic mass is 9.98. The highest BCUT2D eigenvalue weighted by Gasteiger charge is 2.25. The standard InChI is InChI=1S/C20H21FN2O2.2H2/c1-12(2)18(23-20(24)22-15-7-5-4-6-8-15)19-13(3)16-11-14(21)9-10-17(16)25-19;;/h4-12,18H,1-3H3,(H2,22,23,24);2*1H. The molecule has 3 aromatic rings. The normalized spacial score (nSPS) is 12.4. The summed E-state index contributed by atoms with van der Waals surface area (Å²) in [6.45, 7) is 5.88. The SMILES string of the molecule is Cc1c(C(NC(=O)Nc2ccccc2)C(C)C)oc2ccc(F)cc12.[HH].[HH]. The highest BCUT2D eigenvalue weighted by atomic mass is 19.1. The summed E-state index contributed by atoms with van der Waals surface area (Å²) in [4.78, 5) is 12.4. The number of urea groups is 1. The third-order valence-electron chi connectivity index (χ3n) is 4.20. The molecule has 4 nitrogen and oxygen atoms in total. The number of carbonyl (C=O) groups is 1. The quantitative estimate of drug-likeness (QED) is 0.620. The number of carbonyl (C=O) groups excluding carboxylic acids is 1. The van der Waals surface area contributed by atoms with Gasteiger partial charge in [-0.1, -0.05) is 32.0 Å². The monoisotopic (exact) mass is 344 g/mol. The van der Waals surface area contributed by atoms with Crippen LogP contribution in [0.4, 0.5) is 14.9 Å². The summed E-state index contributed by atoms with van der Waals surface area (Å²) in [7, 11) is 0. The highest BCUT2D eigenvalue weighted by molar-refractivity contribution is 5.89. The molecule has 1 aromatic heterocycles. The minimum Gasteiger partial charge on any atom is -0.459 e. The van der Waals surface area contributed by atoms with E-state index in [0.717, 1.165) is 10.9 Å². The van der Waals surface area contributed by atoms with E-state index in [0.29, 0.717) is 17.0 Å². The molecule has 3 rings (SSSR count). The zero-order valence-electron chi connectivity index (χ0n) is 14.5. The molecule has 2 N–H and O–H groups in total. The molecule has 0 aliphatic carbocycles. The summed E-state index contributed by atoms with van der Waals surface area (Å²) >= 11 is 0. The summed E-state index contributed by atoms with van der Waals surface area (Å²) in [6.07, 6.45) is 0. The van der Waals surface area contributed by atoms with Crippen molar-refractivity contribution in [1.82, 2.24) is 5.32 Å². The fraction of sp³-hybridized carbons (Fsp3) is 0.250. The molecule has 0 aliphatic heterocycles. The van der Waals surface area contributed by atoms with Crippen LogP contribution in [-0.2, 0) is 0 Å². The number of furan rings is 1. The first-order chi connectivity index (χ1) is 12.0. The van der Waals surface area contributed by atoms with Crippen LogP contribution in [-0.4, -0.2) is 6.03 Å². The van der Waals surface area contributed by atoms with Crippen molar-refractivity contribution in [2.24, 2.45) is 5.92 Å². The molecule has 0 bridgehead atoms. The number of amides is 2. The van der Waals surface area contributed by atoms with Crippen LogP contribution in [0.1, 0.15) is 34.1 Å². The molecule has 0 saturated carbocycles. The molecule has 1 unspecified atom stereocenters. The van der Waals surface area contributed by atoms with Gasteiger partial charge < -0.3 is 15.1 Å². The molecule has 134 valence electrons. The summed E-state index contributed by atoms with van der Waals surface area (Å²) in [5.41, 5.74) is 2.17. The lowest BCUT2D eigenvalue weighted by Crippen LogP contribution is -2.35. The number of fused-ring (bicyclic) bond motifs is 1. The molecule has 25 heavy (non-hydrogen) atoms. The zero-order valence-corrected chi connectivity index (χ0v) is 14.5. The molecular weight excluding hydrogens is 319 g/mol. The number of halogens is 1. The van der Waals surface area contributed by atoms with E-state index in [4.69, 9.17) is 4.42 Å². The third kappa shape index (κ3) is 3.65. The predicted octanol–water partition coefficient (Wildman–Crippen LogP) is 5.89. The Hall–Kier alpha value is -2.82. The number of nitrogens with one attached hydrogen (secondary N) is 2. The number of anilines is 1. The topological polar surface area (TPSA) is 54.3 Å². The summed E-state index contributed by atoms with van der Waals surface area (Å²) in [5.74, 6) is 0.447. The lowest BCUT2D eigenvalue weighted by molar-refractivity contribution is 0.241. The minimum atomic E-state index is -0.320. The van der Waals surface area contributed by atoms with Crippen LogP contribution in [0.15, 0.2) is 52.9 Å². The Morgan fingerprint density at radius 3 is 2.56 bits per heavy atom. The second kappa shape index (κ2) is 6.97. The van der Waals surface area contributed by atoms with Gasteiger partial charge in [0.1, 0.15) is 17.2 Å². The van der Waals surface area contributed by atoms with Crippen LogP contribution in [0.25, 0.3) is 11.0 Å². The van der Waals surface area contributed by atoms with Crippen LogP contribution < -0.4 is 10.6 Å². The Morgan fingerprint density at radius 2 is 1.88 bits per heavy atom. The Bertz CT molecular complexity index is 898. The molecule has 5 heteroatoms. The Kier molecular flexibility index (Phi) is 4.74. The highest BCUT2D eigenvalue weighted by Crippen LogP contribution is 2.33. The van der Waals surface area contributed by atoms with Gasteiger partial charge in [0.15, 0.2) is 0 Å². The Labute approximate surface area is 149 Å². The lowest BCUT2D eigenvalue weighted by Gasteiger charge is -2.21. The fourth-order valence-electron chi connectivity index (χ4n) is 2.87. The van der Waals surface area contributed by atoms with Crippen LogP contribution in [0.5, 0.6) is 0 Å². The van der Waals surface area contributed by atoms with E-state index in [-0.39, 0.29) is 26.7 Å². The summed E-state index contributed by atoms with van der Waals surface area (Å²) < 4.78 is 19.4. The van der Waals surface area contributed by atoms with Gasteiger partial charge in [-0.2, -0.15) is 0 Å². The van der Waals surface area contributed by atoms with Gasteiger partial charge in [-0.3, -0.25) is 0 Å². The van der Waals surface area contributed by atoms with Crippen molar-refractivity contribution in [2.45, 2.75) is 26.8 Å². The first-order valence-corrected chi connectivity index (χ1v) is 8.27. The van der Waals surface area contributed by atoms with E-state index in [9.17, 15) is 9.18 Å². The predicted molar refractivity (Wildman–Crippen MR) is 101 cm³/mol. The number of benzene rings is 2. The van der Waals surface area contributed by atoms with Gasteiger partial charge in [0.25, 0.3) is 0 Å². The number of aryl methyl sites for hydroxylation is 1. The van der Waals surface area contributed by atoms with Crippen molar-refractivity contribution in [3.63, 3.8) is 0 Å². The number of rotatable bonds is 4. The van der Waals surface area contributed by atoms with E-state index in [1.165, 1.54) is 12.1 Å². The summed E-state index contributed by atoms with van der Waals surface area (Å²) in [5, 5.41) is 6.50. The van der Waals surface area contributed by atoms with E-state index >= 15 is 0 Å². The van der Waals surface area contributed by atoms with E-state index < -0.39 is 0 Å². The van der Waals surface area contributed by atoms with Crippen molar-refractivity contribution in [3.05, 3.63) is 65.7 Å². The first-order valence-electron chi connectivity index (χ1n) is 8.27. The van der Waals surface area contributed by atoms with Crippen molar-refractivity contribution < 1.29 is 16.5 Å². The maximum absolute atomic E-state index is 13.5. The molecule has 2 amide bonds. The van der Waals surface area contributed by atoms with Crippen LogP contribution in [0.3, 0.4) is 0 Å². The number of hydrogen-bond acceptors (Lipinski definition) is 2. The fourth-order valence-corrected chi connectivity index (χ4v) is 2.87. The first kappa shape index (κ1) is 17.0. The molecule has 0 saturated heterocycles. The molecule has 2 aromatic carbocycles. The molecule has 0 radical (unpaired) electrons. The van der Waals surface area contributed by atoms with Crippen LogP contribution in [0.2, 0.25) is 0 Å². The molecular formula is C20H25FN2O2. The van der Waals surface area contributed by atoms with Gasteiger partial charge in [-0.25, -0.2) is 9.18 Å². The molecule has 0 spiro atoms. The van der Waals surface area contributed by atoms with E-state index in [1.807, 2.05) is 51.1 Å². The molecule has 0 aliphatic rings. The average molecular weight is 344 g/mol. The zero-order chi connectivity index (χ0) is 18.0. The largest absolute Gasteiger partial charge is 0.459 e. The van der Waals surface area contributed by atoms with E-state index in [2.05, 4.69) is 10.6 Å². The van der Waals surface area contributed by atoms with Crippen molar-refractivity contribution in [3.8, 4) is 0 Å². The average Bonchev–Trinajstić information content (AvgIpc) is 2.90. The smallest absolute Gasteiger partial charge is 0.319 e. The second-order valence-electron chi connectivity index (χ2n) is 6.42. The van der Waals surface area contributed by atoms with Crippen LogP contribution >= 0.6 is 0 Å². The molecule has 1 heterocycles. The molecule has 1 atom stereocenters.